The minimum atomic E-state index is -3.83. The number of ether oxygens (including phenoxy) is 1. The van der Waals surface area contributed by atoms with E-state index in [1.54, 1.807) is 47.7 Å². The van der Waals surface area contributed by atoms with Crippen LogP contribution in [0, 0.1) is 12.7 Å². The summed E-state index contributed by atoms with van der Waals surface area (Å²) in [6, 6.07) is 12.1. The first-order valence-electron chi connectivity index (χ1n) is 12.4. The average molecular weight is 606 g/mol. The number of benzene rings is 2. The van der Waals surface area contributed by atoms with E-state index in [4.69, 9.17) is 27.9 Å². The van der Waals surface area contributed by atoms with Crippen LogP contribution in [-0.2, 0) is 9.84 Å². The molecule has 1 atom stereocenters. The smallest absolute Gasteiger partial charge is 0.275 e. The second-order valence-corrected chi connectivity index (χ2v) is 12.7. The van der Waals surface area contributed by atoms with E-state index in [0.29, 0.717) is 40.5 Å². The van der Waals surface area contributed by atoms with Crippen LogP contribution in [0.15, 0.2) is 53.4 Å². The van der Waals surface area contributed by atoms with E-state index in [-0.39, 0.29) is 38.7 Å². The number of carbonyl (C=O) groups excluding carboxylic acids is 1. The molecule has 0 fully saturated rings. The largest absolute Gasteiger partial charge is 0.482 e. The van der Waals surface area contributed by atoms with E-state index < -0.39 is 21.8 Å². The number of methoxy groups -OCH3 is 1. The van der Waals surface area contributed by atoms with E-state index in [1.807, 2.05) is 19.0 Å². The van der Waals surface area contributed by atoms with Gasteiger partial charge in [-0.2, -0.15) is 0 Å². The SMILES string of the molecule is COc1cccc2nc(C(=O)N(CCN(C)C)[C@@H]3CS(=O)(=O)c4c3ccc(Cl)c4Cl)c(-c3ccc(F)c(C)c3)n12. The highest BCUT2D eigenvalue weighted by molar-refractivity contribution is 7.92. The molecule has 4 aromatic rings. The molecule has 210 valence electrons. The Hall–Kier alpha value is -3.18. The lowest BCUT2D eigenvalue weighted by Crippen LogP contribution is -2.40. The fourth-order valence-corrected chi connectivity index (χ4v) is 7.66. The molecule has 0 spiro atoms. The highest BCUT2D eigenvalue weighted by Gasteiger charge is 2.43. The van der Waals surface area contributed by atoms with Crippen LogP contribution in [0.25, 0.3) is 16.9 Å². The maximum absolute atomic E-state index is 14.5. The number of rotatable bonds is 7. The second kappa shape index (κ2) is 10.7. The van der Waals surface area contributed by atoms with E-state index >= 15 is 0 Å². The molecule has 1 aliphatic heterocycles. The summed E-state index contributed by atoms with van der Waals surface area (Å²) >= 11 is 12.5. The van der Waals surface area contributed by atoms with Crippen molar-refractivity contribution in [2.75, 3.05) is 40.0 Å². The fourth-order valence-electron chi connectivity index (χ4n) is 5.04. The van der Waals surface area contributed by atoms with Gasteiger partial charge < -0.3 is 14.5 Å². The molecule has 3 heterocycles. The molecule has 1 aliphatic rings. The molecule has 2 aromatic heterocycles. The first-order valence-corrected chi connectivity index (χ1v) is 14.8. The van der Waals surface area contributed by atoms with Gasteiger partial charge in [0.2, 0.25) is 0 Å². The lowest BCUT2D eigenvalue weighted by Gasteiger charge is -2.30. The molecule has 0 aliphatic carbocycles. The highest BCUT2D eigenvalue weighted by atomic mass is 35.5. The topological polar surface area (TPSA) is 84.2 Å². The van der Waals surface area contributed by atoms with Crippen molar-refractivity contribution in [2.24, 2.45) is 0 Å². The van der Waals surface area contributed by atoms with Crippen LogP contribution in [0.3, 0.4) is 0 Å². The number of fused-ring (bicyclic) bond motifs is 2. The van der Waals surface area contributed by atoms with Crippen LogP contribution in [0.1, 0.15) is 27.7 Å². The summed E-state index contributed by atoms with van der Waals surface area (Å²) in [5.41, 5.74) is 2.29. The molecule has 5 rings (SSSR count). The number of nitrogens with zero attached hydrogens (tertiary/aromatic N) is 4. The fraction of sp³-hybridized carbons (Fsp3) is 0.286. The van der Waals surface area contributed by atoms with E-state index in [1.165, 1.54) is 24.1 Å². The number of amides is 1. The Morgan fingerprint density at radius 1 is 1.15 bits per heavy atom. The minimum absolute atomic E-state index is 0.0541. The number of aromatic nitrogens is 2. The summed E-state index contributed by atoms with van der Waals surface area (Å²) in [7, 11) is 1.41. The van der Waals surface area contributed by atoms with Crippen molar-refractivity contribution in [3.8, 4) is 17.1 Å². The molecule has 2 aromatic carbocycles. The molecule has 0 unspecified atom stereocenters. The van der Waals surface area contributed by atoms with Crippen molar-refractivity contribution in [1.82, 2.24) is 19.2 Å². The normalized spacial score (nSPS) is 15.9. The van der Waals surface area contributed by atoms with Gasteiger partial charge in [0.1, 0.15) is 11.5 Å². The summed E-state index contributed by atoms with van der Waals surface area (Å²) in [4.78, 5) is 22.5. The van der Waals surface area contributed by atoms with Crippen LogP contribution < -0.4 is 4.74 Å². The third-order valence-corrected chi connectivity index (χ3v) is 9.74. The van der Waals surface area contributed by atoms with Gasteiger partial charge in [0.05, 0.1) is 39.5 Å². The summed E-state index contributed by atoms with van der Waals surface area (Å²) in [5, 5.41) is 0.0684. The standard InChI is InChI=1S/C28H27Cl2FN4O4S/c1-16-14-17(8-11-20(16)31)26-25(32-22-6-5-7-23(39-4)35(22)26)28(36)34(13-12-33(2)3)21-15-40(37,38)27-18(21)9-10-19(29)24(27)30/h5-11,14,21H,12-13,15H2,1-4H3/t21-/m1/s1. The van der Waals surface area contributed by atoms with Crippen LogP contribution in [0.4, 0.5) is 4.39 Å². The Balaban J connectivity index is 1.73. The van der Waals surface area contributed by atoms with Crippen molar-refractivity contribution in [2.45, 2.75) is 17.9 Å². The number of pyridine rings is 1. The predicted molar refractivity (Wildman–Crippen MR) is 153 cm³/mol. The van der Waals surface area contributed by atoms with Crippen LogP contribution in [-0.4, -0.2) is 73.6 Å². The summed E-state index contributed by atoms with van der Waals surface area (Å²) < 4.78 is 48.0. The molecule has 0 bridgehead atoms. The third-order valence-electron chi connectivity index (χ3n) is 7.00. The van der Waals surface area contributed by atoms with Gasteiger partial charge in [0.15, 0.2) is 21.4 Å². The first-order chi connectivity index (χ1) is 18.9. The molecule has 0 saturated carbocycles. The van der Waals surface area contributed by atoms with Gasteiger partial charge in [-0.3, -0.25) is 9.20 Å². The lowest BCUT2D eigenvalue weighted by atomic mass is 10.0. The van der Waals surface area contributed by atoms with Crippen molar-refractivity contribution >= 4 is 44.6 Å². The molecular weight excluding hydrogens is 578 g/mol. The predicted octanol–water partition coefficient (Wildman–Crippen LogP) is 5.30. The zero-order valence-electron chi connectivity index (χ0n) is 22.3. The lowest BCUT2D eigenvalue weighted by molar-refractivity contribution is 0.0677. The van der Waals surface area contributed by atoms with E-state index in [0.717, 1.165) is 0 Å². The maximum atomic E-state index is 14.5. The van der Waals surface area contributed by atoms with Gasteiger partial charge in [-0.1, -0.05) is 35.3 Å². The van der Waals surface area contributed by atoms with Crippen molar-refractivity contribution in [3.63, 3.8) is 0 Å². The van der Waals surface area contributed by atoms with Crippen LogP contribution >= 0.6 is 23.2 Å². The molecule has 40 heavy (non-hydrogen) atoms. The summed E-state index contributed by atoms with van der Waals surface area (Å²) in [5.74, 6) is -0.781. The van der Waals surface area contributed by atoms with E-state index in [9.17, 15) is 17.6 Å². The Kier molecular flexibility index (Phi) is 7.56. The van der Waals surface area contributed by atoms with Crippen LogP contribution in [0.5, 0.6) is 5.88 Å². The third kappa shape index (κ3) is 4.83. The number of imidazole rings is 1. The minimum Gasteiger partial charge on any atom is -0.482 e. The zero-order chi connectivity index (χ0) is 28.9. The quantitative estimate of drug-likeness (QED) is 0.285. The second-order valence-electron chi connectivity index (χ2n) is 9.91. The molecule has 1 amide bonds. The van der Waals surface area contributed by atoms with E-state index in [2.05, 4.69) is 4.98 Å². The van der Waals surface area contributed by atoms with Gasteiger partial charge in [0.25, 0.3) is 5.91 Å². The van der Waals surface area contributed by atoms with Gasteiger partial charge in [0, 0.05) is 18.7 Å². The summed E-state index contributed by atoms with van der Waals surface area (Å²) in [6.45, 7) is 2.30. The number of sulfone groups is 1. The van der Waals surface area contributed by atoms with Crippen LogP contribution in [0.2, 0.25) is 10.0 Å². The van der Waals surface area contributed by atoms with Crippen molar-refractivity contribution in [1.29, 1.82) is 0 Å². The number of hydrogen-bond donors (Lipinski definition) is 0. The Labute approximate surface area is 241 Å². The Bertz CT molecular complexity index is 1760. The number of hydrogen-bond acceptors (Lipinski definition) is 6. The van der Waals surface area contributed by atoms with Gasteiger partial charge in [-0.15, -0.1) is 0 Å². The average Bonchev–Trinajstić information content (AvgIpc) is 3.43. The molecule has 0 radical (unpaired) electrons. The Morgan fingerprint density at radius 2 is 1.90 bits per heavy atom. The molecule has 8 nitrogen and oxygen atoms in total. The maximum Gasteiger partial charge on any atom is 0.275 e. The van der Waals surface area contributed by atoms with Gasteiger partial charge in [-0.25, -0.2) is 17.8 Å². The number of halogens is 3. The summed E-state index contributed by atoms with van der Waals surface area (Å²) in [6.07, 6.45) is 0. The first kappa shape index (κ1) is 28.4. The molecule has 0 saturated heterocycles. The zero-order valence-corrected chi connectivity index (χ0v) is 24.6. The number of carbonyl (C=O) groups is 1. The van der Waals surface area contributed by atoms with Crippen molar-refractivity contribution < 1.29 is 22.3 Å². The number of aryl methyl sites for hydroxylation is 1. The number of likely N-dealkylation sites (N-methyl/N-ethyl adjacent to an activating group) is 1. The molecule has 12 heteroatoms. The monoisotopic (exact) mass is 604 g/mol. The van der Waals surface area contributed by atoms with Gasteiger partial charge in [-0.05, 0) is 68.5 Å². The highest BCUT2D eigenvalue weighted by Crippen LogP contribution is 2.44. The molecular formula is C28H27Cl2FN4O4S. The Morgan fingerprint density at radius 3 is 2.58 bits per heavy atom. The molecule has 0 N–H and O–H groups in total. The van der Waals surface area contributed by atoms with Gasteiger partial charge >= 0.3 is 0 Å². The van der Waals surface area contributed by atoms with Crippen molar-refractivity contribution in [3.05, 3.63) is 81.2 Å².